The standard InChI is InChI=1S/C7H6ClF2NO2/c1-13-7-5(8)3(6(9)10)2-4(12)11-7/h2,6H,1H3,(H,11,12). The molecule has 0 bridgehead atoms. The van der Waals surface area contributed by atoms with E-state index in [9.17, 15) is 13.6 Å². The van der Waals surface area contributed by atoms with Crippen LogP contribution in [0.5, 0.6) is 5.88 Å². The van der Waals surface area contributed by atoms with Crippen molar-refractivity contribution in [2.24, 2.45) is 0 Å². The van der Waals surface area contributed by atoms with Gasteiger partial charge in [0.15, 0.2) is 0 Å². The van der Waals surface area contributed by atoms with E-state index in [1.165, 1.54) is 7.11 Å². The number of alkyl halides is 2. The summed E-state index contributed by atoms with van der Waals surface area (Å²) in [5.74, 6) is -0.149. The second kappa shape index (κ2) is 3.74. The molecule has 0 atom stereocenters. The highest BCUT2D eigenvalue weighted by Crippen LogP contribution is 2.30. The monoisotopic (exact) mass is 209 g/mol. The molecule has 6 heteroatoms. The molecule has 0 aliphatic rings. The Kier molecular flexibility index (Phi) is 2.87. The third-order valence-corrected chi connectivity index (χ3v) is 1.81. The number of methoxy groups -OCH3 is 1. The van der Waals surface area contributed by atoms with Crippen LogP contribution in [0.2, 0.25) is 5.02 Å². The smallest absolute Gasteiger partial charge is 0.265 e. The van der Waals surface area contributed by atoms with E-state index in [0.29, 0.717) is 0 Å². The van der Waals surface area contributed by atoms with Gasteiger partial charge in [0, 0.05) is 11.6 Å². The fourth-order valence-electron chi connectivity index (χ4n) is 0.838. The molecule has 0 saturated heterocycles. The van der Waals surface area contributed by atoms with E-state index < -0.39 is 17.5 Å². The minimum atomic E-state index is -2.79. The van der Waals surface area contributed by atoms with Gasteiger partial charge in [-0.1, -0.05) is 11.6 Å². The number of nitrogens with one attached hydrogen (secondary N) is 1. The number of aromatic nitrogens is 1. The van der Waals surface area contributed by atoms with Crippen molar-refractivity contribution < 1.29 is 13.5 Å². The van der Waals surface area contributed by atoms with Gasteiger partial charge in [0.25, 0.3) is 12.0 Å². The summed E-state index contributed by atoms with van der Waals surface area (Å²) >= 11 is 5.50. The SMILES string of the molecule is COc1[nH]c(=O)cc(C(F)F)c1Cl. The van der Waals surface area contributed by atoms with Crippen molar-refractivity contribution in [1.82, 2.24) is 4.98 Å². The van der Waals surface area contributed by atoms with Gasteiger partial charge >= 0.3 is 0 Å². The van der Waals surface area contributed by atoms with Gasteiger partial charge in [0.2, 0.25) is 5.88 Å². The van der Waals surface area contributed by atoms with Crippen LogP contribution in [-0.4, -0.2) is 12.1 Å². The lowest BCUT2D eigenvalue weighted by Crippen LogP contribution is -2.08. The maximum absolute atomic E-state index is 12.2. The first kappa shape index (κ1) is 9.98. The summed E-state index contributed by atoms with van der Waals surface area (Å²) < 4.78 is 29.1. The van der Waals surface area contributed by atoms with Crippen LogP contribution >= 0.6 is 11.6 Å². The molecule has 0 saturated carbocycles. The number of H-pyrrole nitrogens is 1. The molecule has 13 heavy (non-hydrogen) atoms. The number of halogens is 3. The van der Waals surface area contributed by atoms with Crippen LogP contribution < -0.4 is 10.3 Å². The summed E-state index contributed by atoms with van der Waals surface area (Å²) in [5.41, 5.74) is -1.20. The Morgan fingerprint density at radius 3 is 2.69 bits per heavy atom. The molecule has 0 amide bonds. The zero-order valence-corrected chi connectivity index (χ0v) is 7.36. The normalized spacial score (nSPS) is 10.5. The van der Waals surface area contributed by atoms with E-state index in [1.54, 1.807) is 0 Å². The lowest BCUT2D eigenvalue weighted by Gasteiger charge is -2.06. The van der Waals surface area contributed by atoms with Crippen LogP contribution in [-0.2, 0) is 0 Å². The Bertz CT molecular complexity index is 364. The van der Waals surface area contributed by atoms with E-state index in [1.807, 2.05) is 0 Å². The van der Waals surface area contributed by atoms with Gasteiger partial charge in [0.1, 0.15) is 5.02 Å². The van der Waals surface area contributed by atoms with Gasteiger partial charge in [-0.15, -0.1) is 0 Å². The molecule has 1 aromatic rings. The first-order valence-corrected chi connectivity index (χ1v) is 3.69. The Hall–Kier alpha value is -1.10. The first-order valence-electron chi connectivity index (χ1n) is 3.31. The van der Waals surface area contributed by atoms with E-state index in [-0.39, 0.29) is 10.9 Å². The quantitative estimate of drug-likeness (QED) is 0.809. The summed E-state index contributed by atoms with van der Waals surface area (Å²) in [4.78, 5) is 13.0. The summed E-state index contributed by atoms with van der Waals surface area (Å²) in [6, 6.07) is 0.746. The number of pyridine rings is 1. The zero-order chi connectivity index (χ0) is 10.0. The number of rotatable bonds is 2. The minimum Gasteiger partial charge on any atom is -0.481 e. The van der Waals surface area contributed by atoms with Crippen molar-refractivity contribution in [3.8, 4) is 5.88 Å². The topological polar surface area (TPSA) is 42.1 Å². The Labute approximate surface area is 77.3 Å². The predicted octanol–water partition coefficient (Wildman–Crippen LogP) is 1.97. The van der Waals surface area contributed by atoms with Crippen LogP contribution in [0.1, 0.15) is 12.0 Å². The second-order valence-electron chi connectivity index (χ2n) is 2.24. The Morgan fingerprint density at radius 1 is 1.62 bits per heavy atom. The van der Waals surface area contributed by atoms with Crippen molar-refractivity contribution in [1.29, 1.82) is 0 Å². The molecule has 0 fully saturated rings. The third-order valence-electron chi connectivity index (χ3n) is 1.42. The van der Waals surface area contributed by atoms with Crippen LogP contribution in [0.25, 0.3) is 0 Å². The number of aromatic amines is 1. The van der Waals surface area contributed by atoms with Crippen molar-refractivity contribution >= 4 is 11.6 Å². The van der Waals surface area contributed by atoms with Gasteiger partial charge in [-0.2, -0.15) is 0 Å². The number of ether oxygens (including phenoxy) is 1. The lowest BCUT2D eigenvalue weighted by atomic mass is 10.3. The fraction of sp³-hybridized carbons (Fsp3) is 0.286. The minimum absolute atomic E-state index is 0.149. The van der Waals surface area contributed by atoms with Crippen molar-refractivity contribution in [2.45, 2.75) is 6.43 Å². The lowest BCUT2D eigenvalue weighted by molar-refractivity contribution is 0.150. The van der Waals surface area contributed by atoms with Crippen LogP contribution in [0.15, 0.2) is 10.9 Å². The van der Waals surface area contributed by atoms with Gasteiger partial charge in [0.05, 0.1) is 7.11 Å². The summed E-state index contributed by atoms with van der Waals surface area (Å²) in [5, 5.41) is -0.267. The van der Waals surface area contributed by atoms with Gasteiger partial charge in [-0.3, -0.25) is 9.78 Å². The molecule has 0 aliphatic heterocycles. The summed E-state index contributed by atoms with van der Waals surface area (Å²) in [7, 11) is 1.23. The second-order valence-corrected chi connectivity index (χ2v) is 2.61. The molecular formula is C7H6ClF2NO2. The molecular weight excluding hydrogens is 204 g/mol. The largest absolute Gasteiger partial charge is 0.481 e. The summed E-state index contributed by atoms with van der Waals surface area (Å²) in [6.45, 7) is 0. The van der Waals surface area contributed by atoms with Crippen molar-refractivity contribution in [3.05, 3.63) is 27.0 Å². The van der Waals surface area contributed by atoms with Gasteiger partial charge in [-0.25, -0.2) is 8.78 Å². The molecule has 0 aromatic carbocycles. The molecule has 3 nitrogen and oxygen atoms in total. The molecule has 1 rings (SSSR count). The number of hydrogen-bond donors (Lipinski definition) is 1. The molecule has 72 valence electrons. The zero-order valence-electron chi connectivity index (χ0n) is 6.61. The average molecular weight is 210 g/mol. The molecule has 1 aromatic heterocycles. The maximum atomic E-state index is 12.2. The highest BCUT2D eigenvalue weighted by Gasteiger charge is 2.16. The first-order chi connectivity index (χ1) is 6.06. The predicted molar refractivity (Wildman–Crippen MR) is 43.6 cm³/mol. The molecule has 1 N–H and O–H groups in total. The summed E-state index contributed by atoms with van der Waals surface area (Å²) in [6.07, 6.45) is -2.79. The fourth-order valence-corrected chi connectivity index (χ4v) is 1.10. The molecule has 0 aliphatic carbocycles. The maximum Gasteiger partial charge on any atom is 0.265 e. The number of hydrogen-bond acceptors (Lipinski definition) is 2. The van der Waals surface area contributed by atoms with E-state index in [0.717, 1.165) is 6.07 Å². The van der Waals surface area contributed by atoms with Crippen LogP contribution in [0, 0.1) is 0 Å². The Balaban J connectivity index is 3.36. The van der Waals surface area contributed by atoms with Crippen molar-refractivity contribution in [2.75, 3.05) is 7.11 Å². The van der Waals surface area contributed by atoms with Crippen LogP contribution in [0.3, 0.4) is 0 Å². The average Bonchev–Trinajstić information content (AvgIpc) is 2.08. The molecule has 1 heterocycles. The third kappa shape index (κ3) is 1.98. The van der Waals surface area contributed by atoms with Gasteiger partial charge in [-0.05, 0) is 0 Å². The van der Waals surface area contributed by atoms with Crippen molar-refractivity contribution in [3.63, 3.8) is 0 Å². The van der Waals surface area contributed by atoms with E-state index in [4.69, 9.17) is 11.6 Å². The highest BCUT2D eigenvalue weighted by molar-refractivity contribution is 6.32. The van der Waals surface area contributed by atoms with E-state index >= 15 is 0 Å². The molecule has 0 spiro atoms. The molecule has 0 radical (unpaired) electrons. The Morgan fingerprint density at radius 2 is 2.23 bits per heavy atom. The molecule has 0 unspecified atom stereocenters. The van der Waals surface area contributed by atoms with Crippen LogP contribution in [0.4, 0.5) is 8.78 Å². The van der Waals surface area contributed by atoms with Gasteiger partial charge < -0.3 is 4.74 Å². The van der Waals surface area contributed by atoms with E-state index in [2.05, 4.69) is 9.72 Å². The highest BCUT2D eigenvalue weighted by atomic mass is 35.5.